The third-order valence-electron chi connectivity index (χ3n) is 1.65. The standard InChI is InChI=1S/C7H5N3O3/c11-6(12)5-1-4-2-8-3-10(4)7(13)9-5/h1-3H,(H,9,13)(H,11,12). The molecule has 0 atom stereocenters. The van der Waals surface area contributed by atoms with E-state index in [1.54, 1.807) is 0 Å². The summed E-state index contributed by atoms with van der Waals surface area (Å²) in [4.78, 5) is 27.6. The van der Waals surface area contributed by atoms with Gasteiger partial charge in [0.15, 0.2) is 0 Å². The summed E-state index contributed by atoms with van der Waals surface area (Å²) in [6, 6.07) is 1.34. The highest BCUT2D eigenvalue weighted by atomic mass is 16.4. The van der Waals surface area contributed by atoms with E-state index in [2.05, 4.69) is 9.97 Å². The SMILES string of the molecule is O=C(O)c1cc2cncn2c(=O)[nH]1. The predicted octanol–water partition coefficient (Wildman–Crippen LogP) is -0.279. The van der Waals surface area contributed by atoms with Gasteiger partial charge < -0.3 is 10.1 Å². The van der Waals surface area contributed by atoms with Crippen LogP contribution in [0.5, 0.6) is 0 Å². The molecule has 0 saturated heterocycles. The maximum absolute atomic E-state index is 11.2. The molecule has 2 N–H and O–H groups in total. The van der Waals surface area contributed by atoms with E-state index in [0.29, 0.717) is 5.52 Å². The highest BCUT2D eigenvalue weighted by Crippen LogP contribution is 1.99. The molecule has 66 valence electrons. The predicted molar refractivity (Wildman–Crippen MR) is 42.8 cm³/mol. The highest BCUT2D eigenvalue weighted by Gasteiger charge is 2.06. The van der Waals surface area contributed by atoms with E-state index in [0.717, 1.165) is 0 Å². The second-order valence-corrected chi connectivity index (χ2v) is 2.48. The number of imidazole rings is 1. The summed E-state index contributed by atoms with van der Waals surface area (Å²) in [6.07, 6.45) is 2.74. The number of carbonyl (C=O) groups is 1. The number of carboxylic acid groups (broad SMARTS) is 1. The van der Waals surface area contributed by atoms with E-state index in [-0.39, 0.29) is 5.69 Å². The Morgan fingerprint density at radius 1 is 1.62 bits per heavy atom. The van der Waals surface area contributed by atoms with Gasteiger partial charge in [0.2, 0.25) is 0 Å². The molecule has 6 nitrogen and oxygen atoms in total. The number of H-pyrrole nitrogens is 1. The molecule has 0 radical (unpaired) electrons. The Balaban J connectivity index is 2.85. The zero-order valence-electron chi connectivity index (χ0n) is 6.39. The number of aromatic nitrogens is 3. The molecule has 0 bridgehead atoms. The number of nitrogens with one attached hydrogen (secondary N) is 1. The van der Waals surface area contributed by atoms with E-state index in [1.807, 2.05) is 0 Å². The fraction of sp³-hybridized carbons (Fsp3) is 0. The van der Waals surface area contributed by atoms with E-state index < -0.39 is 11.7 Å². The minimum Gasteiger partial charge on any atom is -0.477 e. The molecule has 0 fully saturated rings. The van der Waals surface area contributed by atoms with Crippen LogP contribution in [-0.4, -0.2) is 25.4 Å². The third kappa shape index (κ3) is 1.08. The molecule has 6 heteroatoms. The number of carboxylic acids is 1. The molecule has 2 rings (SSSR count). The molecule has 0 aromatic carbocycles. The summed E-state index contributed by atoms with van der Waals surface area (Å²) < 4.78 is 1.23. The first-order valence-electron chi connectivity index (χ1n) is 3.47. The number of aromatic amines is 1. The van der Waals surface area contributed by atoms with Crippen molar-refractivity contribution in [3.8, 4) is 0 Å². The van der Waals surface area contributed by atoms with Crippen LogP contribution < -0.4 is 5.69 Å². The van der Waals surface area contributed by atoms with Crippen LogP contribution >= 0.6 is 0 Å². The van der Waals surface area contributed by atoms with Crippen LogP contribution in [0.4, 0.5) is 0 Å². The lowest BCUT2D eigenvalue weighted by molar-refractivity contribution is 0.0690. The monoisotopic (exact) mass is 179 g/mol. The van der Waals surface area contributed by atoms with Gasteiger partial charge in [-0.15, -0.1) is 0 Å². The maximum Gasteiger partial charge on any atom is 0.352 e. The van der Waals surface area contributed by atoms with Crippen LogP contribution in [0.25, 0.3) is 5.52 Å². The number of aromatic carboxylic acids is 1. The van der Waals surface area contributed by atoms with E-state index in [1.165, 1.54) is 23.0 Å². The van der Waals surface area contributed by atoms with Crippen LogP contribution in [0, 0.1) is 0 Å². The second-order valence-electron chi connectivity index (χ2n) is 2.48. The van der Waals surface area contributed by atoms with Crippen molar-refractivity contribution in [1.29, 1.82) is 0 Å². The van der Waals surface area contributed by atoms with Crippen LogP contribution in [0.1, 0.15) is 10.5 Å². The van der Waals surface area contributed by atoms with Gasteiger partial charge in [0, 0.05) is 0 Å². The Morgan fingerprint density at radius 3 is 3.08 bits per heavy atom. The molecule has 2 aromatic heterocycles. The van der Waals surface area contributed by atoms with E-state index in [9.17, 15) is 9.59 Å². The molecule has 13 heavy (non-hydrogen) atoms. The second kappa shape index (κ2) is 2.44. The zero-order valence-corrected chi connectivity index (χ0v) is 6.39. The Kier molecular flexibility index (Phi) is 1.42. The molecular weight excluding hydrogens is 174 g/mol. The van der Waals surface area contributed by atoms with Crippen LogP contribution in [0.2, 0.25) is 0 Å². The fourth-order valence-corrected chi connectivity index (χ4v) is 1.06. The molecule has 0 amide bonds. The molecule has 2 aromatic rings. The topological polar surface area (TPSA) is 87.5 Å². The number of hydrogen-bond donors (Lipinski definition) is 2. The summed E-state index contributed by atoms with van der Waals surface area (Å²) in [5.41, 5.74) is -0.188. The molecule has 0 aliphatic rings. The van der Waals surface area contributed by atoms with Crippen molar-refractivity contribution in [2.75, 3.05) is 0 Å². The largest absolute Gasteiger partial charge is 0.477 e. The fourth-order valence-electron chi connectivity index (χ4n) is 1.06. The van der Waals surface area contributed by atoms with Crippen molar-refractivity contribution in [3.05, 3.63) is 34.8 Å². The van der Waals surface area contributed by atoms with Crippen molar-refractivity contribution in [3.63, 3.8) is 0 Å². The van der Waals surface area contributed by atoms with Gasteiger partial charge in [-0.2, -0.15) is 0 Å². The van der Waals surface area contributed by atoms with Crippen molar-refractivity contribution >= 4 is 11.5 Å². The number of fused-ring (bicyclic) bond motifs is 1. The zero-order chi connectivity index (χ0) is 9.42. The van der Waals surface area contributed by atoms with Gasteiger partial charge in [-0.25, -0.2) is 14.6 Å². The van der Waals surface area contributed by atoms with Crippen molar-refractivity contribution in [1.82, 2.24) is 14.4 Å². The average Bonchev–Trinajstić information content (AvgIpc) is 2.51. The Hall–Kier alpha value is -2.11. The van der Waals surface area contributed by atoms with Crippen LogP contribution in [-0.2, 0) is 0 Å². The number of hydrogen-bond acceptors (Lipinski definition) is 3. The number of rotatable bonds is 1. The van der Waals surface area contributed by atoms with Gasteiger partial charge in [0.1, 0.15) is 12.0 Å². The first-order chi connectivity index (χ1) is 6.18. The quantitative estimate of drug-likeness (QED) is 0.630. The highest BCUT2D eigenvalue weighted by molar-refractivity contribution is 5.86. The summed E-state index contributed by atoms with van der Waals surface area (Å²) in [7, 11) is 0. The molecule has 0 spiro atoms. The van der Waals surface area contributed by atoms with Crippen LogP contribution in [0.15, 0.2) is 23.4 Å². The minimum atomic E-state index is -1.17. The minimum absolute atomic E-state index is 0.141. The summed E-state index contributed by atoms with van der Waals surface area (Å²) in [5.74, 6) is -1.17. The smallest absolute Gasteiger partial charge is 0.352 e. The maximum atomic E-state index is 11.2. The first-order valence-corrected chi connectivity index (χ1v) is 3.47. The summed E-state index contributed by atoms with van der Waals surface area (Å²) in [6.45, 7) is 0. The Labute approximate surface area is 71.5 Å². The van der Waals surface area contributed by atoms with Gasteiger partial charge in [-0.05, 0) is 6.07 Å². The van der Waals surface area contributed by atoms with Gasteiger partial charge in [-0.1, -0.05) is 0 Å². The normalized spacial score (nSPS) is 10.5. The van der Waals surface area contributed by atoms with Gasteiger partial charge >= 0.3 is 11.7 Å². The van der Waals surface area contributed by atoms with Gasteiger partial charge in [0.05, 0.1) is 11.7 Å². The molecule has 0 aliphatic heterocycles. The van der Waals surface area contributed by atoms with E-state index in [4.69, 9.17) is 5.11 Å². The average molecular weight is 179 g/mol. The van der Waals surface area contributed by atoms with E-state index >= 15 is 0 Å². The molecule has 0 aliphatic carbocycles. The van der Waals surface area contributed by atoms with Crippen LogP contribution in [0.3, 0.4) is 0 Å². The van der Waals surface area contributed by atoms with Gasteiger partial charge in [0.25, 0.3) is 0 Å². The molecule has 0 saturated carbocycles. The van der Waals surface area contributed by atoms with Crippen molar-refractivity contribution < 1.29 is 9.90 Å². The Bertz CT molecular complexity index is 525. The molecule has 0 unspecified atom stereocenters. The molecule has 2 heterocycles. The number of nitrogens with zero attached hydrogens (tertiary/aromatic N) is 2. The first kappa shape index (κ1) is 7.53. The third-order valence-corrected chi connectivity index (χ3v) is 1.65. The lowest BCUT2D eigenvalue weighted by atomic mass is 10.4. The van der Waals surface area contributed by atoms with Crippen molar-refractivity contribution in [2.24, 2.45) is 0 Å². The lowest BCUT2D eigenvalue weighted by Gasteiger charge is -1.95. The molecular formula is C7H5N3O3. The summed E-state index contributed by atoms with van der Waals surface area (Å²) >= 11 is 0. The lowest BCUT2D eigenvalue weighted by Crippen LogP contribution is -2.19. The van der Waals surface area contributed by atoms with Crippen molar-refractivity contribution in [2.45, 2.75) is 0 Å². The Morgan fingerprint density at radius 2 is 2.38 bits per heavy atom. The van der Waals surface area contributed by atoms with Gasteiger partial charge in [-0.3, -0.25) is 4.40 Å². The summed E-state index contributed by atoms with van der Waals surface area (Å²) in [5, 5.41) is 8.61.